The van der Waals surface area contributed by atoms with E-state index in [1.807, 2.05) is 29.5 Å². The van der Waals surface area contributed by atoms with Gasteiger partial charge in [-0.15, -0.1) is 16.4 Å². The lowest BCUT2D eigenvalue weighted by atomic mass is 10.2. The number of unbranched alkanes of at least 4 members (excludes halogenated alkanes) is 1. The van der Waals surface area contributed by atoms with E-state index in [-0.39, 0.29) is 5.91 Å². The summed E-state index contributed by atoms with van der Waals surface area (Å²) in [5.74, 6) is 1.34. The zero-order valence-corrected chi connectivity index (χ0v) is 16.2. The lowest BCUT2D eigenvalue weighted by molar-refractivity contribution is 0.0753. The molecule has 0 bridgehead atoms. The standard InChI is InChI=1S/C18H24N6OS/c1-4-6-9-23(8-5-2)18(25)13-11-14(19-3)24-15(12-13)21-16(22-24)17-20-7-10-26-17/h7,10-12,19H,4-6,8-9H2,1-3H3. The van der Waals surface area contributed by atoms with Crippen molar-refractivity contribution in [3.8, 4) is 10.8 Å². The van der Waals surface area contributed by atoms with Crippen LogP contribution in [-0.2, 0) is 0 Å². The molecule has 0 aliphatic carbocycles. The molecule has 3 rings (SSSR count). The van der Waals surface area contributed by atoms with Gasteiger partial charge < -0.3 is 10.2 Å². The summed E-state index contributed by atoms with van der Waals surface area (Å²) in [6.07, 6.45) is 4.74. The minimum absolute atomic E-state index is 0.0399. The van der Waals surface area contributed by atoms with E-state index < -0.39 is 0 Å². The molecule has 8 heteroatoms. The molecular weight excluding hydrogens is 348 g/mol. The smallest absolute Gasteiger partial charge is 0.254 e. The molecule has 0 atom stereocenters. The van der Waals surface area contributed by atoms with Gasteiger partial charge in [-0.25, -0.2) is 9.97 Å². The third-order valence-corrected chi connectivity index (χ3v) is 4.90. The molecule has 0 spiro atoms. The number of rotatable bonds is 8. The number of aromatic nitrogens is 4. The van der Waals surface area contributed by atoms with Crippen LogP contribution in [0.1, 0.15) is 43.5 Å². The Hall–Kier alpha value is -2.48. The van der Waals surface area contributed by atoms with Gasteiger partial charge >= 0.3 is 0 Å². The Balaban J connectivity index is 1.99. The molecular formula is C18H24N6OS. The highest BCUT2D eigenvalue weighted by Gasteiger charge is 2.19. The average Bonchev–Trinajstić information content (AvgIpc) is 3.32. The van der Waals surface area contributed by atoms with E-state index in [1.165, 1.54) is 11.3 Å². The number of carbonyl (C=O) groups is 1. The zero-order chi connectivity index (χ0) is 18.5. The highest BCUT2D eigenvalue weighted by Crippen LogP contribution is 2.22. The van der Waals surface area contributed by atoms with Gasteiger partial charge in [0.25, 0.3) is 5.91 Å². The molecule has 0 radical (unpaired) electrons. The summed E-state index contributed by atoms with van der Waals surface area (Å²) in [5.41, 5.74) is 1.27. The maximum Gasteiger partial charge on any atom is 0.254 e. The quantitative estimate of drug-likeness (QED) is 0.654. The lowest BCUT2D eigenvalue weighted by Crippen LogP contribution is -2.32. The van der Waals surface area contributed by atoms with Gasteiger partial charge in [-0.2, -0.15) is 4.52 Å². The van der Waals surface area contributed by atoms with Crippen LogP contribution in [0.15, 0.2) is 23.7 Å². The summed E-state index contributed by atoms with van der Waals surface area (Å²) in [7, 11) is 1.81. The normalized spacial score (nSPS) is 11.0. The number of pyridine rings is 1. The number of nitrogens with zero attached hydrogens (tertiary/aromatic N) is 5. The SMILES string of the molecule is CCCCN(CCC)C(=O)c1cc(NC)n2nc(-c3nccs3)nc2c1. The second-order valence-corrected chi connectivity index (χ2v) is 6.96. The molecule has 1 amide bonds. The molecule has 26 heavy (non-hydrogen) atoms. The third kappa shape index (κ3) is 3.70. The molecule has 0 saturated heterocycles. The molecule has 7 nitrogen and oxygen atoms in total. The minimum Gasteiger partial charge on any atom is -0.373 e. The van der Waals surface area contributed by atoms with E-state index in [0.717, 1.165) is 43.2 Å². The van der Waals surface area contributed by atoms with Crippen molar-refractivity contribution in [3.05, 3.63) is 29.3 Å². The average molecular weight is 372 g/mol. The van der Waals surface area contributed by atoms with Gasteiger partial charge in [-0.05, 0) is 25.0 Å². The maximum absolute atomic E-state index is 13.0. The first-order valence-corrected chi connectivity index (χ1v) is 9.83. The van der Waals surface area contributed by atoms with Gasteiger partial charge in [-0.3, -0.25) is 4.79 Å². The first-order chi connectivity index (χ1) is 12.7. The molecule has 0 aliphatic rings. The van der Waals surface area contributed by atoms with Crippen LogP contribution in [0.4, 0.5) is 5.82 Å². The number of anilines is 1. The van der Waals surface area contributed by atoms with Crippen molar-refractivity contribution in [2.75, 3.05) is 25.5 Å². The maximum atomic E-state index is 13.0. The van der Waals surface area contributed by atoms with Crippen LogP contribution >= 0.6 is 11.3 Å². The van der Waals surface area contributed by atoms with Crippen LogP contribution < -0.4 is 5.32 Å². The van der Waals surface area contributed by atoms with Crippen molar-refractivity contribution in [3.63, 3.8) is 0 Å². The van der Waals surface area contributed by atoms with Crippen molar-refractivity contribution >= 4 is 28.7 Å². The van der Waals surface area contributed by atoms with Gasteiger partial charge in [0, 0.05) is 37.3 Å². The highest BCUT2D eigenvalue weighted by atomic mass is 32.1. The molecule has 1 N–H and O–H groups in total. The Bertz CT molecular complexity index is 873. The van der Waals surface area contributed by atoms with E-state index in [1.54, 1.807) is 10.7 Å². The Kier molecular flexibility index (Phi) is 5.82. The van der Waals surface area contributed by atoms with Crippen LogP contribution in [-0.4, -0.2) is 50.5 Å². The number of hydrogen-bond acceptors (Lipinski definition) is 6. The second-order valence-electron chi connectivity index (χ2n) is 6.07. The van der Waals surface area contributed by atoms with Crippen LogP contribution in [0.25, 0.3) is 16.5 Å². The highest BCUT2D eigenvalue weighted by molar-refractivity contribution is 7.13. The van der Waals surface area contributed by atoms with Crippen molar-refractivity contribution < 1.29 is 4.79 Å². The molecule has 0 saturated carbocycles. The third-order valence-electron chi connectivity index (χ3n) is 4.13. The van der Waals surface area contributed by atoms with Gasteiger partial charge in [0.05, 0.1) is 0 Å². The first kappa shape index (κ1) is 18.3. The number of carbonyl (C=O) groups excluding carboxylic acids is 1. The Labute approximate surface area is 157 Å². The molecule has 0 aliphatic heterocycles. The summed E-state index contributed by atoms with van der Waals surface area (Å²) in [6, 6.07) is 3.64. The zero-order valence-electron chi connectivity index (χ0n) is 15.4. The first-order valence-electron chi connectivity index (χ1n) is 8.95. The van der Waals surface area contributed by atoms with Crippen molar-refractivity contribution in [1.29, 1.82) is 0 Å². The molecule has 0 fully saturated rings. The number of thiazole rings is 1. The second kappa shape index (κ2) is 8.27. The Morgan fingerprint density at radius 2 is 2.12 bits per heavy atom. The predicted octanol–water partition coefficient (Wildman–Crippen LogP) is 3.55. The number of amides is 1. The Morgan fingerprint density at radius 3 is 2.77 bits per heavy atom. The monoisotopic (exact) mass is 372 g/mol. The fraction of sp³-hybridized carbons (Fsp3) is 0.444. The van der Waals surface area contributed by atoms with Crippen LogP contribution in [0, 0.1) is 0 Å². The van der Waals surface area contributed by atoms with Gasteiger partial charge in [-0.1, -0.05) is 20.3 Å². The molecule has 138 valence electrons. The number of fused-ring (bicyclic) bond motifs is 1. The summed E-state index contributed by atoms with van der Waals surface area (Å²) in [4.78, 5) is 23.8. The van der Waals surface area contributed by atoms with Gasteiger partial charge in [0.2, 0.25) is 5.82 Å². The molecule has 3 aromatic rings. The van der Waals surface area contributed by atoms with Crippen molar-refractivity contribution in [1.82, 2.24) is 24.5 Å². The van der Waals surface area contributed by atoms with E-state index in [4.69, 9.17) is 0 Å². The summed E-state index contributed by atoms with van der Waals surface area (Å²) in [5, 5.41) is 10.3. The predicted molar refractivity (Wildman–Crippen MR) is 105 cm³/mol. The van der Waals surface area contributed by atoms with E-state index in [0.29, 0.717) is 17.0 Å². The summed E-state index contributed by atoms with van der Waals surface area (Å²) in [6.45, 7) is 5.76. The fourth-order valence-corrected chi connectivity index (χ4v) is 3.39. The van der Waals surface area contributed by atoms with Crippen LogP contribution in [0.2, 0.25) is 0 Å². The largest absolute Gasteiger partial charge is 0.373 e. The fourth-order valence-electron chi connectivity index (χ4n) is 2.83. The van der Waals surface area contributed by atoms with Crippen molar-refractivity contribution in [2.45, 2.75) is 33.1 Å². The van der Waals surface area contributed by atoms with Gasteiger partial charge in [0.15, 0.2) is 10.7 Å². The van der Waals surface area contributed by atoms with E-state index >= 15 is 0 Å². The molecule has 3 heterocycles. The summed E-state index contributed by atoms with van der Waals surface area (Å²) < 4.78 is 1.71. The number of nitrogens with one attached hydrogen (secondary N) is 1. The summed E-state index contributed by atoms with van der Waals surface area (Å²) >= 11 is 1.49. The van der Waals surface area contributed by atoms with Crippen LogP contribution in [0.5, 0.6) is 0 Å². The molecule has 0 aromatic carbocycles. The topological polar surface area (TPSA) is 75.4 Å². The number of hydrogen-bond donors (Lipinski definition) is 1. The van der Waals surface area contributed by atoms with Gasteiger partial charge in [0.1, 0.15) is 5.82 Å². The van der Waals surface area contributed by atoms with Crippen molar-refractivity contribution in [2.24, 2.45) is 0 Å². The van der Waals surface area contributed by atoms with Crippen LogP contribution in [0.3, 0.4) is 0 Å². The van der Waals surface area contributed by atoms with E-state index in [9.17, 15) is 4.79 Å². The molecule has 0 unspecified atom stereocenters. The Morgan fingerprint density at radius 1 is 1.27 bits per heavy atom. The van der Waals surface area contributed by atoms with E-state index in [2.05, 4.69) is 34.2 Å². The minimum atomic E-state index is 0.0399. The lowest BCUT2D eigenvalue weighted by Gasteiger charge is -2.22. The molecule has 3 aromatic heterocycles.